The second-order valence-corrected chi connectivity index (χ2v) is 7.19. The Morgan fingerprint density at radius 1 is 1.24 bits per heavy atom. The third-order valence-corrected chi connectivity index (χ3v) is 5.58. The van der Waals surface area contributed by atoms with Gasteiger partial charge in [-0.2, -0.15) is 16.9 Å². The van der Waals surface area contributed by atoms with Crippen molar-refractivity contribution in [3.63, 3.8) is 0 Å². The number of amides is 1. The van der Waals surface area contributed by atoms with Gasteiger partial charge >= 0.3 is 0 Å². The van der Waals surface area contributed by atoms with E-state index in [4.69, 9.17) is 5.10 Å². The molecular formula is C19H18N4OS. The lowest BCUT2D eigenvalue weighted by Crippen LogP contribution is -2.32. The third-order valence-electron chi connectivity index (χ3n) is 4.47. The Balaban J connectivity index is 1.74. The third kappa shape index (κ3) is 3.09. The van der Waals surface area contributed by atoms with Crippen LogP contribution in [0.2, 0.25) is 0 Å². The van der Waals surface area contributed by atoms with Crippen LogP contribution in [-0.2, 0) is 4.79 Å². The van der Waals surface area contributed by atoms with E-state index >= 15 is 0 Å². The van der Waals surface area contributed by atoms with Crippen LogP contribution in [0.5, 0.6) is 0 Å². The highest BCUT2D eigenvalue weighted by Crippen LogP contribution is 2.42. The van der Waals surface area contributed by atoms with Crippen LogP contribution in [0.4, 0.5) is 0 Å². The largest absolute Gasteiger partial charge is 0.273 e. The fraction of sp³-hybridized carbons (Fsp3) is 0.263. The highest BCUT2D eigenvalue weighted by molar-refractivity contribution is 7.99. The Labute approximate surface area is 150 Å². The van der Waals surface area contributed by atoms with Crippen molar-refractivity contribution in [2.45, 2.75) is 13.0 Å². The van der Waals surface area contributed by atoms with E-state index < -0.39 is 0 Å². The summed E-state index contributed by atoms with van der Waals surface area (Å²) in [6.07, 6.45) is 9.33. The van der Waals surface area contributed by atoms with Gasteiger partial charge in [-0.05, 0) is 34.9 Å². The SMILES string of the molecule is CC(=O)N1N=C2/C(=C/c3cccnc3)CSCC2C1c1cccnc1. The van der Waals surface area contributed by atoms with E-state index in [2.05, 4.69) is 16.0 Å². The molecule has 1 amide bonds. The number of carbonyl (C=O) groups is 1. The molecule has 6 heteroatoms. The number of hydrogen-bond acceptors (Lipinski definition) is 5. The summed E-state index contributed by atoms with van der Waals surface area (Å²) < 4.78 is 0. The fourth-order valence-electron chi connectivity index (χ4n) is 3.38. The van der Waals surface area contributed by atoms with Gasteiger partial charge in [0.25, 0.3) is 0 Å². The predicted molar refractivity (Wildman–Crippen MR) is 100.0 cm³/mol. The van der Waals surface area contributed by atoms with Crippen LogP contribution in [0.3, 0.4) is 0 Å². The maximum absolute atomic E-state index is 12.2. The second kappa shape index (κ2) is 6.80. The predicted octanol–water partition coefficient (Wildman–Crippen LogP) is 3.18. The summed E-state index contributed by atoms with van der Waals surface area (Å²) in [5.74, 6) is 2.00. The minimum Gasteiger partial charge on any atom is -0.273 e. The van der Waals surface area contributed by atoms with Crippen molar-refractivity contribution in [3.8, 4) is 0 Å². The molecule has 1 saturated heterocycles. The van der Waals surface area contributed by atoms with Gasteiger partial charge in [-0.15, -0.1) is 0 Å². The van der Waals surface area contributed by atoms with Crippen molar-refractivity contribution < 1.29 is 4.79 Å². The summed E-state index contributed by atoms with van der Waals surface area (Å²) >= 11 is 1.88. The smallest absolute Gasteiger partial charge is 0.240 e. The van der Waals surface area contributed by atoms with E-state index in [1.165, 1.54) is 5.57 Å². The summed E-state index contributed by atoms with van der Waals surface area (Å²) in [5.41, 5.74) is 4.28. The van der Waals surface area contributed by atoms with E-state index in [-0.39, 0.29) is 17.9 Å². The molecule has 0 N–H and O–H groups in total. The van der Waals surface area contributed by atoms with Crippen LogP contribution in [0.15, 0.2) is 59.7 Å². The Morgan fingerprint density at radius 3 is 2.72 bits per heavy atom. The van der Waals surface area contributed by atoms with Crippen molar-refractivity contribution in [2.75, 3.05) is 11.5 Å². The van der Waals surface area contributed by atoms with Crippen LogP contribution in [0.1, 0.15) is 24.1 Å². The Kier molecular flexibility index (Phi) is 4.36. The van der Waals surface area contributed by atoms with Crippen molar-refractivity contribution in [1.29, 1.82) is 0 Å². The number of fused-ring (bicyclic) bond motifs is 1. The lowest BCUT2D eigenvalue weighted by atomic mass is 9.88. The number of hydrogen-bond donors (Lipinski definition) is 0. The lowest BCUT2D eigenvalue weighted by molar-refractivity contribution is -0.131. The van der Waals surface area contributed by atoms with Crippen molar-refractivity contribution >= 4 is 29.5 Å². The summed E-state index contributed by atoms with van der Waals surface area (Å²) in [6, 6.07) is 7.82. The summed E-state index contributed by atoms with van der Waals surface area (Å²) in [6.45, 7) is 1.57. The number of pyridine rings is 2. The normalized spacial score (nSPS) is 24.1. The minimum atomic E-state index is -0.0775. The van der Waals surface area contributed by atoms with E-state index in [1.54, 1.807) is 24.3 Å². The van der Waals surface area contributed by atoms with Gasteiger partial charge in [-0.1, -0.05) is 12.1 Å². The molecule has 0 aromatic carbocycles. The molecule has 2 aromatic heterocycles. The monoisotopic (exact) mass is 350 g/mol. The van der Waals surface area contributed by atoms with Gasteiger partial charge in [0, 0.05) is 49.1 Å². The molecule has 25 heavy (non-hydrogen) atoms. The fourth-order valence-corrected chi connectivity index (χ4v) is 4.55. The molecule has 0 radical (unpaired) electrons. The molecule has 0 spiro atoms. The molecule has 4 heterocycles. The maximum Gasteiger partial charge on any atom is 0.240 e. The zero-order valence-corrected chi connectivity index (χ0v) is 14.7. The standard InChI is InChI=1S/C19H18N4OS/c1-13(24)23-19(15-5-3-7-21-10-15)17-12-25-11-16(18(17)22-23)8-14-4-2-6-20-9-14/h2-10,17,19H,11-12H2,1H3/b16-8+. The summed E-state index contributed by atoms with van der Waals surface area (Å²) in [7, 11) is 0. The molecule has 4 rings (SSSR count). The number of nitrogens with zero attached hydrogens (tertiary/aromatic N) is 4. The molecule has 5 nitrogen and oxygen atoms in total. The molecule has 2 atom stereocenters. The highest BCUT2D eigenvalue weighted by atomic mass is 32.2. The molecule has 2 unspecified atom stereocenters. The van der Waals surface area contributed by atoms with Gasteiger partial charge in [0.1, 0.15) is 0 Å². The number of rotatable bonds is 2. The summed E-state index contributed by atoms with van der Waals surface area (Å²) in [4.78, 5) is 20.6. The highest BCUT2D eigenvalue weighted by Gasteiger charge is 2.43. The van der Waals surface area contributed by atoms with E-state index in [0.717, 1.165) is 28.3 Å². The first-order chi connectivity index (χ1) is 12.2. The first kappa shape index (κ1) is 16.0. The molecule has 2 aromatic rings. The van der Waals surface area contributed by atoms with E-state index in [1.807, 2.05) is 48.4 Å². The topological polar surface area (TPSA) is 58.5 Å². The molecule has 0 aliphatic carbocycles. The van der Waals surface area contributed by atoms with Gasteiger partial charge in [-0.25, -0.2) is 5.01 Å². The molecule has 2 aliphatic heterocycles. The first-order valence-corrected chi connectivity index (χ1v) is 9.36. The Bertz CT molecular complexity index is 835. The first-order valence-electron chi connectivity index (χ1n) is 8.21. The van der Waals surface area contributed by atoms with Crippen molar-refractivity contribution in [2.24, 2.45) is 11.0 Å². The number of carbonyl (C=O) groups excluding carboxylic acids is 1. The van der Waals surface area contributed by atoms with Crippen LogP contribution < -0.4 is 0 Å². The van der Waals surface area contributed by atoms with Gasteiger partial charge in [0.15, 0.2) is 0 Å². The van der Waals surface area contributed by atoms with E-state index in [0.29, 0.717) is 0 Å². The Hall–Kier alpha value is -2.47. The molecule has 1 fully saturated rings. The molecule has 126 valence electrons. The van der Waals surface area contributed by atoms with Crippen LogP contribution in [-0.4, -0.2) is 38.1 Å². The van der Waals surface area contributed by atoms with Gasteiger partial charge < -0.3 is 0 Å². The van der Waals surface area contributed by atoms with Gasteiger partial charge in [-0.3, -0.25) is 14.8 Å². The minimum absolute atomic E-state index is 0.0403. The molecular weight excluding hydrogens is 332 g/mol. The zero-order chi connectivity index (χ0) is 17.2. The van der Waals surface area contributed by atoms with E-state index in [9.17, 15) is 4.79 Å². The molecule has 2 aliphatic rings. The Morgan fingerprint density at radius 2 is 2.04 bits per heavy atom. The molecule has 0 saturated carbocycles. The van der Waals surface area contributed by atoms with Gasteiger partial charge in [0.05, 0.1) is 11.8 Å². The number of thioether (sulfide) groups is 1. The van der Waals surface area contributed by atoms with Crippen LogP contribution in [0.25, 0.3) is 6.08 Å². The van der Waals surface area contributed by atoms with Crippen LogP contribution in [0, 0.1) is 5.92 Å². The summed E-state index contributed by atoms with van der Waals surface area (Å²) in [5, 5.41) is 6.34. The van der Waals surface area contributed by atoms with Crippen molar-refractivity contribution in [1.82, 2.24) is 15.0 Å². The molecule has 0 bridgehead atoms. The van der Waals surface area contributed by atoms with Gasteiger partial charge in [0.2, 0.25) is 5.91 Å². The number of aromatic nitrogens is 2. The lowest BCUT2D eigenvalue weighted by Gasteiger charge is -2.28. The average Bonchev–Trinajstić information content (AvgIpc) is 3.04. The van der Waals surface area contributed by atoms with Crippen molar-refractivity contribution in [3.05, 3.63) is 65.8 Å². The van der Waals surface area contributed by atoms with Crippen LogP contribution >= 0.6 is 11.8 Å². The maximum atomic E-state index is 12.2. The quantitative estimate of drug-likeness (QED) is 0.835. The zero-order valence-electron chi connectivity index (χ0n) is 13.9. The number of hydrazone groups is 1. The average molecular weight is 350 g/mol. The second-order valence-electron chi connectivity index (χ2n) is 6.16.